The molecule has 36 heavy (non-hydrogen) atoms. The van der Waals surface area contributed by atoms with Crippen molar-refractivity contribution < 1.29 is 23.7 Å². The Hall–Kier alpha value is -4.38. The van der Waals surface area contributed by atoms with Crippen molar-refractivity contribution >= 4 is 21.5 Å². The predicted molar refractivity (Wildman–Crippen MR) is 143 cm³/mol. The molecule has 0 aliphatic heterocycles. The van der Waals surface area contributed by atoms with Crippen molar-refractivity contribution in [3.05, 3.63) is 102 Å². The van der Waals surface area contributed by atoms with Crippen LogP contribution >= 0.6 is 0 Å². The first-order valence-electron chi connectivity index (χ1n) is 11.7. The Morgan fingerprint density at radius 1 is 0.500 bits per heavy atom. The smallest absolute Gasteiger partial charge is 0.204 e. The molecule has 182 valence electrons. The zero-order chi connectivity index (χ0) is 24.9. The third-order valence-electron chi connectivity index (χ3n) is 6.18. The zero-order valence-corrected chi connectivity index (χ0v) is 20.6. The van der Waals surface area contributed by atoms with E-state index < -0.39 is 0 Å². The van der Waals surface area contributed by atoms with E-state index in [4.69, 9.17) is 23.7 Å². The average Bonchev–Trinajstić information content (AvgIpc) is 2.94. The molecule has 5 nitrogen and oxygen atoms in total. The Labute approximate surface area is 210 Å². The Kier molecular flexibility index (Phi) is 6.80. The number of fused-ring (bicyclic) bond motifs is 3. The standard InChI is InChI=1S/C31H28O5/c1-32-27-18-23-14-15-25-24(16-17-26(29(25)33-2)35-19-21-10-6-4-7-11-21)28(23)31(34-3)30(27)36-20-22-12-8-5-9-13-22/h4-18H,19-20H2,1-3H3. The highest BCUT2D eigenvalue weighted by molar-refractivity contribution is 6.14. The van der Waals surface area contributed by atoms with Crippen molar-refractivity contribution in [3.63, 3.8) is 0 Å². The maximum atomic E-state index is 6.26. The van der Waals surface area contributed by atoms with Crippen LogP contribution in [0.25, 0.3) is 21.5 Å². The summed E-state index contributed by atoms with van der Waals surface area (Å²) in [5, 5.41) is 3.79. The first kappa shape index (κ1) is 23.4. The lowest BCUT2D eigenvalue weighted by atomic mass is 9.99. The summed E-state index contributed by atoms with van der Waals surface area (Å²) in [6.07, 6.45) is 0. The summed E-state index contributed by atoms with van der Waals surface area (Å²) in [7, 11) is 4.95. The molecule has 0 spiro atoms. The summed E-state index contributed by atoms with van der Waals surface area (Å²) in [5.74, 6) is 3.15. The molecule has 0 bridgehead atoms. The fraction of sp³-hybridized carbons (Fsp3) is 0.161. The van der Waals surface area contributed by atoms with Crippen LogP contribution in [0, 0.1) is 0 Å². The topological polar surface area (TPSA) is 46.2 Å². The van der Waals surface area contributed by atoms with Crippen LogP contribution < -0.4 is 23.7 Å². The van der Waals surface area contributed by atoms with E-state index in [0.717, 1.165) is 32.7 Å². The second-order valence-corrected chi connectivity index (χ2v) is 8.35. The molecule has 5 rings (SSSR count). The average molecular weight is 481 g/mol. The van der Waals surface area contributed by atoms with Gasteiger partial charge in [-0.1, -0.05) is 66.7 Å². The molecule has 0 aliphatic carbocycles. The van der Waals surface area contributed by atoms with Gasteiger partial charge in [-0.25, -0.2) is 0 Å². The molecule has 0 N–H and O–H groups in total. The van der Waals surface area contributed by atoms with Crippen LogP contribution in [0.4, 0.5) is 0 Å². The van der Waals surface area contributed by atoms with Crippen LogP contribution in [0.5, 0.6) is 28.7 Å². The minimum Gasteiger partial charge on any atom is -0.493 e. The van der Waals surface area contributed by atoms with Gasteiger partial charge in [0.2, 0.25) is 5.75 Å². The van der Waals surface area contributed by atoms with Gasteiger partial charge in [0.15, 0.2) is 23.0 Å². The molecule has 0 aromatic heterocycles. The zero-order valence-electron chi connectivity index (χ0n) is 20.6. The molecular weight excluding hydrogens is 452 g/mol. The lowest BCUT2D eigenvalue weighted by Crippen LogP contribution is -2.01. The summed E-state index contributed by atoms with van der Waals surface area (Å²) in [5.41, 5.74) is 2.15. The highest BCUT2D eigenvalue weighted by atomic mass is 16.5. The van der Waals surface area contributed by atoms with Crippen LogP contribution in [0.1, 0.15) is 11.1 Å². The van der Waals surface area contributed by atoms with E-state index in [1.165, 1.54) is 0 Å². The van der Waals surface area contributed by atoms with E-state index in [0.29, 0.717) is 42.0 Å². The van der Waals surface area contributed by atoms with E-state index in [1.807, 2.05) is 91.0 Å². The van der Waals surface area contributed by atoms with Crippen molar-refractivity contribution in [1.29, 1.82) is 0 Å². The highest BCUT2D eigenvalue weighted by Gasteiger charge is 2.21. The molecule has 0 saturated carbocycles. The minimum absolute atomic E-state index is 0.393. The van der Waals surface area contributed by atoms with E-state index in [2.05, 4.69) is 0 Å². The maximum Gasteiger partial charge on any atom is 0.204 e. The van der Waals surface area contributed by atoms with Gasteiger partial charge in [-0.2, -0.15) is 0 Å². The van der Waals surface area contributed by atoms with Gasteiger partial charge in [0.1, 0.15) is 13.2 Å². The normalized spacial score (nSPS) is 10.9. The fourth-order valence-electron chi connectivity index (χ4n) is 4.45. The summed E-state index contributed by atoms with van der Waals surface area (Å²) in [6, 6.07) is 30.1. The fourth-order valence-corrected chi connectivity index (χ4v) is 4.45. The molecule has 0 heterocycles. The third-order valence-corrected chi connectivity index (χ3v) is 6.18. The van der Waals surface area contributed by atoms with E-state index in [9.17, 15) is 0 Å². The van der Waals surface area contributed by atoms with Crippen LogP contribution in [0.2, 0.25) is 0 Å². The lowest BCUT2D eigenvalue weighted by Gasteiger charge is -2.19. The van der Waals surface area contributed by atoms with Crippen molar-refractivity contribution in [1.82, 2.24) is 0 Å². The van der Waals surface area contributed by atoms with E-state index >= 15 is 0 Å². The summed E-state index contributed by atoms with van der Waals surface area (Å²) < 4.78 is 29.8. The minimum atomic E-state index is 0.393. The predicted octanol–water partition coefficient (Wildman–Crippen LogP) is 7.18. The summed E-state index contributed by atoms with van der Waals surface area (Å²) in [4.78, 5) is 0. The Morgan fingerprint density at radius 3 is 1.72 bits per heavy atom. The first-order valence-corrected chi connectivity index (χ1v) is 11.7. The quantitative estimate of drug-likeness (QED) is 0.209. The van der Waals surface area contributed by atoms with Gasteiger partial charge >= 0.3 is 0 Å². The van der Waals surface area contributed by atoms with Crippen LogP contribution in [0.3, 0.4) is 0 Å². The molecule has 0 amide bonds. The molecule has 0 aliphatic rings. The molecule has 0 radical (unpaired) electrons. The van der Waals surface area contributed by atoms with E-state index in [-0.39, 0.29) is 0 Å². The lowest BCUT2D eigenvalue weighted by molar-refractivity contribution is 0.267. The molecule has 0 atom stereocenters. The SMILES string of the molecule is COc1cc2ccc3c(OC)c(OCc4ccccc4)ccc3c2c(OC)c1OCc1ccccc1. The number of rotatable bonds is 9. The Balaban J connectivity index is 1.61. The number of hydrogen-bond donors (Lipinski definition) is 0. The Morgan fingerprint density at radius 2 is 1.11 bits per heavy atom. The number of ether oxygens (including phenoxy) is 5. The van der Waals surface area contributed by atoms with Gasteiger partial charge in [0, 0.05) is 10.8 Å². The highest BCUT2D eigenvalue weighted by Crippen LogP contribution is 2.48. The van der Waals surface area contributed by atoms with Gasteiger partial charge in [-0.15, -0.1) is 0 Å². The van der Waals surface area contributed by atoms with Crippen LogP contribution in [-0.2, 0) is 13.2 Å². The molecule has 5 aromatic rings. The van der Waals surface area contributed by atoms with Gasteiger partial charge < -0.3 is 23.7 Å². The number of methoxy groups -OCH3 is 3. The van der Waals surface area contributed by atoms with Gasteiger partial charge in [0.05, 0.1) is 21.3 Å². The van der Waals surface area contributed by atoms with Gasteiger partial charge in [-0.3, -0.25) is 0 Å². The van der Waals surface area contributed by atoms with Crippen molar-refractivity contribution in [2.45, 2.75) is 13.2 Å². The molecule has 0 unspecified atom stereocenters. The van der Waals surface area contributed by atoms with Crippen molar-refractivity contribution in [2.75, 3.05) is 21.3 Å². The molecule has 5 aromatic carbocycles. The van der Waals surface area contributed by atoms with E-state index in [1.54, 1.807) is 21.3 Å². The third kappa shape index (κ3) is 4.48. The maximum absolute atomic E-state index is 6.26. The molecular formula is C31H28O5. The summed E-state index contributed by atoms with van der Waals surface area (Å²) in [6.45, 7) is 0.846. The van der Waals surface area contributed by atoms with Gasteiger partial charge in [0.25, 0.3) is 0 Å². The molecule has 0 fully saturated rings. The van der Waals surface area contributed by atoms with Crippen LogP contribution in [-0.4, -0.2) is 21.3 Å². The summed E-state index contributed by atoms with van der Waals surface area (Å²) >= 11 is 0. The number of benzene rings is 5. The second-order valence-electron chi connectivity index (χ2n) is 8.35. The second kappa shape index (κ2) is 10.5. The Bertz CT molecular complexity index is 1480. The van der Waals surface area contributed by atoms with Crippen molar-refractivity contribution in [3.8, 4) is 28.7 Å². The largest absolute Gasteiger partial charge is 0.493 e. The number of hydrogen-bond acceptors (Lipinski definition) is 5. The van der Waals surface area contributed by atoms with Crippen molar-refractivity contribution in [2.24, 2.45) is 0 Å². The molecule has 5 heteroatoms. The van der Waals surface area contributed by atoms with Gasteiger partial charge in [-0.05, 0) is 46.2 Å². The first-order chi connectivity index (χ1) is 17.7. The van der Waals surface area contributed by atoms with Crippen LogP contribution in [0.15, 0.2) is 91.0 Å². The monoisotopic (exact) mass is 480 g/mol. The molecule has 0 saturated heterocycles.